The first-order valence-corrected chi connectivity index (χ1v) is 11.2. The molecule has 2 aliphatic rings. The maximum atomic E-state index is 13.8. The molecule has 1 fully saturated rings. The monoisotopic (exact) mass is 404 g/mol. The second kappa shape index (κ2) is 8.63. The predicted molar refractivity (Wildman–Crippen MR) is 119 cm³/mol. The third-order valence-corrected chi connectivity index (χ3v) is 6.94. The molecule has 2 aromatic rings. The average molecular weight is 405 g/mol. The quantitative estimate of drug-likeness (QED) is 0.790. The van der Waals surface area contributed by atoms with Crippen molar-refractivity contribution in [2.24, 2.45) is 11.8 Å². The Kier molecular flexibility index (Phi) is 5.94. The lowest BCUT2D eigenvalue weighted by molar-refractivity contribution is -0.154. The zero-order chi connectivity index (χ0) is 21.3. The molecule has 1 aliphatic heterocycles. The van der Waals surface area contributed by atoms with Crippen molar-refractivity contribution in [3.05, 3.63) is 70.8 Å². The minimum atomic E-state index is -0.444. The van der Waals surface area contributed by atoms with Crippen molar-refractivity contribution in [3.8, 4) is 0 Å². The average Bonchev–Trinajstić information content (AvgIpc) is 3.17. The van der Waals surface area contributed by atoms with E-state index in [-0.39, 0.29) is 23.7 Å². The highest BCUT2D eigenvalue weighted by Gasteiger charge is 2.46. The second-order valence-corrected chi connectivity index (χ2v) is 8.90. The highest BCUT2D eigenvalue weighted by atomic mass is 16.2. The van der Waals surface area contributed by atoms with Crippen LogP contribution in [0.3, 0.4) is 0 Å². The van der Waals surface area contributed by atoms with Crippen molar-refractivity contribution in [3.63, 3.8) is 0 Å². The van der Waals surface area contributed by atoms with Crippen molar-refractivity contribution < 1.29 is 9.59 Å². The van der Waals surface area contributed by atoms with Gasteiger partial charge in [0.2, 0.25) is 11.8 Å². The molecule has 1 saturated heterocycles. The zero-order valence-corrected chi connectivity index (χ0v) is 18.2. The van der Waals surface area contributed by atoms with Crippen molar-refractivity contribution in [1.82, 2.24) is 10.2 Å². The molecule has 0 saturated carbocycles. The lowest BCUT2D eigenvalue weighted by Gasteiger charge is -2.43. The van der Waals surface area contributed by atoms with E-state index in [9.17, 15) is 9.59 Å². The number of piperazine rings is 1. The highest BCUT2D eigenvalue weighted by Crippen LogP contribution is 2.33. The molecule has 0 spiro atoms. The molecule has 2 aromatic carbocycles. The van der Waals surface area contributed by atoms with Gasteiger partial charge in [-0.2, -0.15) is 0 Å². The van der Waals surface area contributed by atoms with Gasteiger partial charge in [0.25, 0.3) is 0 Å². The topological polar surface area (TPSA) is 49.4 Å². The van der Waals surface area contributed by atoms with Crippen LogP contribution >= 0.6 is 0 Å². The molecule has 0 bridgehead atoms. The van der Waals surface area contributed by atoms with Gasteiger partial charge in [-0.05, 0) is 48.3 Å². The fourth-order valence-electron chi connectivity index (χ4n) is 5.29. The number of carbonyl (C=O) groups excluding carboxylic acids is 2. The molecule has 2 amide bonds. The molecule has 1 aliphatic carbocycles. The van der Waals surface area contributed by atoms with Gasteiger partial charge in [-0.25, -0.2) is 0 Å². The van der Waals surface area contributed by atoms with Gasteiger partial charge in [-0.1, -0.05) is 80.8 Å². The molecule has 1 N–H and O–H groups in total. The highest BCUT2D eigenvalue weighted by molar-refractivity contribution is 5.97. The van der Waals surface area contributed by atoms with Crippen LogP contribution in [0.5, 0.6) is 0 Å². The number of hydrogen-bond acceptors (Lipinski definition) is 2. The fourth-order valence-corrected chi connectivity index (χ4v) is 5.29. The molecule has 4 nitrogen and oxygen atoms in total. The van der Waals surface area contributed by atoms with Crippen molar-refractivity contribution in [1.29, 1.82) is 0 Å². The number of rotatable bonds is 6. The Balaban J connectivity index is 1.63. The number of carbonyl (C=O) groups is 2. The standard InChI is InChI=1S/C26H32N2O2/c1-4-19(5-2)24-25(29)27-23(22-14-20-11-6-7-12-21(20)15-22)26(30)28(24)16-18-10-8-9-17(3)13-18/h6-13,19,22-24H,4-5,14-16H2,1-3H3,(H,27,29)/t23-,24-/m1/s1. The number of benzene rings is 2. The Morgan fingerprint density at radius 2 is 1.67 bits per heavy atom. The second-order valence-electron chi connectivity index (χ2n) is 8.90. The van der Waals surface area contributed by atoms with Crippen LogP contribution in [0.2, 0.25) is 0 Å². The number of amides is 2. The third kappa shape index (κ3) is 3.88. The Labute approximate surface area is 179 Å². The molecular formula is C26H32N2O2. The Morgan fingerprint density at radius 3 is 2.27 bits per heavy atom. The number of fused-ring (bicyclic) bond motifs is 1. The van der Waals surface area contributed by atoms with Gasteiger partial charge in [0.05, 0.1) is 0 Å². The fraction of sp³-hybridized carbons (Fsp3) is 0.462. The summed E-state index contributed by atoms with van der Waals surface area (Å²) in [5.74, 6) is 0.379. The van der Waals surface area contributed by atoms with Gasteiger partial charge < -0.3 is 10.2 Å². The van der Waals surface area contributed by atoms with E-state index in [1.807, 2.05) is 11.0 Å². The SMILES string of the molecule is CCC(CC)[C@@H]1C(=O)N[C@H](C2Cc3ccccc3C2)C(=O)N1Cc1cccc(C)c1. The molecule has 4 rings (SSSR count). The van der Waals surface area contributed by atoms with E-state index in [0.29, 0.717) is 6.54 Å². The molecule has 2 atom stereocenters. The third-order valence-electron chi connectivity index (χ3n) is 6.94. The van der Waals surface area contributed by atoms with E-state index < -0.39 is 12.1 Å². The number of aryl methyl sites for hydroxylation is 1. The number of hydrogen-bond donors (Lipinski definition) is 1. The van der Waals surface area contributed by atoms with Crippen LogP contribution in [0.4, 0.5) is 0 Å². The van der Waals surface area contributed by atoms with Crippen LogP contribution in [0.15, 0.2) is 48.5 Å². The lowest BCUT2D eigenvalue weighted by Crippen LogP contribution is -2.66. The summed E-state index contributed by atoms with van der Waals surface area (Å²) in [5, 5.41) is 3.14. The van der Waals surface area contributed by atoms with E-state index >= 15 is 0 Å². The maximum Gasteiger partial charge on any atom is 0.246 e. The molecule has 158 valence electrons. The maximum absolute atomic E-state index is 13.8. The van der Waals surface area contributed by atoms with Gasteiger partial charge >= 0.3 is 0 Å². The Bertz CT molecular complexity index is 909. The van der Waals surface area contributed by atoms with Crippen LogP contribution in [0, 0.1) is 18.8 Å². The number of nitrogens with zero attached hydrogens (tertiary/aromatic N) is 1. The summed E-state index contributed by atoms with van der Waals surface area (Å²) >= 11 is 0. The van der Waals surface area contributed by atoms with Crippen molar-refractivity contribution in [2.75, 3.05) is 0 Å². The molecule has 0 aromatic heterocycles. The van der Waals surface area contributed by atoms with E-state index in [0.717, 1.165) is 31.2 Å². The summed E-state index contributed by atoms with van der Waals surface area (Å²) < 4.78 is 0. The van der Waals surface area contributed by atoms with Gasteiger partial charge in [0.1, 0.15) is 12.1 Å². The Hall–Kier alpha value is -2.62. The first kappa shape index (κ1) is 20.6. The van der Waals surface area contributed by atoms with Crippen LogP contribution in [0.1, 0.15) is 48.9 Å². The van der Waals surface area contributed by atoms with Crippen molar-refractivity contribution >= 4 is 11.8 Å². The first-order valence-electron chi connectivity index (χ1n) is 11.2. The van der Waals surface area contributed by atoms with Gasteiger partial charge in [-0.3, -0.25) is 9.59 Å². The summed E-state index contributed by atoms with van der Waals surface area (Å²) in [6.07, 6.45) is 3.46. The lowest BCUT2D eigenvalue weighted by atomic mass is 9.86. The summed E-state index contributed by atoms with van der Waals surface area (Å²) in [6, 6.07) is 15.8. The van der Waals surface area contributed by atoms with Crippen LogP contribution < -0.4 is 5.32 Å². The summed E-state index contributed by atoms with van der Waals surface area (Å²) in [4.78, 5) is 28.9. The summed E-state index contributed by atoms with van der Waals surface area (Å²) in [6.45, 7) is 6.77. The van der Waals surface area contributed by atoms with Crippen molar-refractivity contribution in [2.45, 2.75) is 65.1 Å². The summed E-state index contributed by atoms with van der Waals surface area (Å²) in [5.41, 5.74) is 4.86. The zero-order valence-electron chi connectivity index (χ0n) is 18.2. The largest absolute Gasteiger partial charge is 0.342 e. The Morgan fingerprint density at radius 1 is 1.00 bits per heavy atom. The molecule has 0 unspecified atom stereocenters. The van der Waals surface area contributed by atoms with E-state index in [4.69, 9.17) is 0 Å². The van der Waals surface area contributed by atoms with Crippen LogP contribution in [-0.4, -0.2) is 28.8 Å². The van der Waals surface area contributed by atoms with Crippen LogP contribution in [0.25, 0.3) is 0 Å². The van der Waals surface area contributed by atoms with Gasteiger partial charge in [-0.15, -0.1) is 0 Å². The van der Waals surface area contributed by atoms with Gasteiger partial charge in [0, 0.05) is 6.54 Å². The van der Waals surface area contributed by atoms with E-state index in [2.05, 4.69) is 68.6 Å². The molecule has 0 radical (unpaired) electrons. The van der Waals surface area contributed by atoms with E-state index in [1.54, 1.807) is 0 Å². The molecule has 1 heterocycles. The van der Waals surface area contributed by atoms with Gasteiger partial charge in [0.15, 0.2) is 0 Å². The normalized spacial score (nSPS) is 21.8. The molecule has 4 heteroatoms. The summed E-state index contributed by atoms with van der Waals surface area (Å²) in [7, 11) is 0. The first-order chi connectivity index (χ1) is 14.5. The number of nitrogens with one attached hydrogen (secondary N) is 1. The predicted octanol–water partition coefficient (Wildman–Crippen LogP) is 4.04. The van der Waals surface area contributed by atoms with Crippen LogP contribution in [-0.2, 0) is 29.0 Å². The smallest absolute Gasteiger partial charge is 0.246 e. The molecule has 30 heavy (non-hydrogen) atoms. The minimum absolute atomic E-state index is 0.0110. The molecular weight excluding hydrogens is 372 g/mol. The minimum Gasteiger partial charge on any atom is -0.342 e. The van der Waals surface area contributed by atoms with E-state index in [1.165, 1.54) is 16.7 Å².